The van der Waals surface area contributed by atoms with Crippen molar-refractivity contribution < 1.29 is 4.79 Å². The van der Waals surface area contributed by atoms with E-state index >= 15 is 0 Å². The van der Waals surface area contributed by atoms with Gasteiger partial charge in [0.2, 0.25) is 5.78 Å². The molecule has 0 aliphatic rings. The fourth-order valence-corrected chi connectivity index (χ4v) is 1.82. The van der Waals surface area contributed by atoms with Crippen molar-refractivity contribution in [3.8, 4) is 5.69 Å². The molecule has 0 fully saturated rings. The summed E-state index contributed by atoms with van der Waals surface area (Å²) in [5.41, 5.74) is 1.56. The van der Waals surface area contributed by atoms with Crippen LogP contribution >= 0.6 is 0 Å². The first-order chi connectivity index (χ1) is 9.25. The van der Waals surface area contributed by atoms with Crippen molar-refractivity contribution in [2.24, 2.45) is 7.05 Å². The van der Waals surface area contributed by atoms with Gasteiger partial charge in [0, 0.05) is 13.2 Å². The molecule has 0 unspecified atom stereocenters. The molecule has 0 saturated heterocycles. The molecule has 0 saturated carbocycles. The Morgan fingerprint density at radius 1 is 1.16 bits per heavy atom. The van der Waals surface area contributed by atoms with Gasteiger partial charge in [0.05, 0.1) is 11.9 Å². The molecule has 0 radical (unpaired) electrons. The van der Waals surface area contributed by atoms with Crippen LogP contribution in [0.3, 0.4) is 0 Å². The number of carbonyl (C=O) groups excluding carboxylic acids is 1. The minimum atomic E-state index is -0.200. The third kappa shape index (κ3) is 2.03. The van der Waals surface area contributed by atoms with Crippen LogP contribution in [-0.4, -0.2) is 30.6 Å². The molecule has 6 nitrogen and oxygen atoms in total. The molecule has 19 heavy (non-hydrogen) atoms. The van der Waals surface area contributed by atoms with E-state index < -0.39 is 0 Å². The number of rotatable bonds is 3. The van der Waals surface area contributed by atoms with Gasteiger partial charge in [0.1, 0.15) is 11.4 Å². The maximum absolute atomic E-state index is 12.3. The molecule has 1 aromatic carbocycles. The van der Waals surface area contributed by atoms with Gasteiger partial charge in [-0.2, -0.15) is 5.10 Å². The molecule has 0 amide bonds. The predicted octanol–water partition coefficient (Wildman–Crippen LogP) is 1.23. The SMILES string of the molecule is Cn1ccc(C(=O)c2cnnn2-c2ccccc2)n1. The van der Waals surface area contributed by atoms with Gasteiger partial charge in [0.25, 0.3) is 0 Å². The molecule has 2 aromatic heterocycles. The van der Waals surface area contributed by atoms with Gasteiger partial charge >= 0.3 is 0 Å². The van der Waals surface area contributed by atoms with Crippen LogP contribution in [0.4, 0.5) is 0 Å². The minimum Gasteiger partial charge on any atom is -0.285 e. The minimum absolute atomic E-state index is 0.200. The number of aromatic nitrogens is 5. The highest BCUT2D eigenvalue weighted by molar-refractivity contribution is 6.06. The van der Waals surface area contributed by atoms with E-state index in [1.165, 1.54) is 10.9 Å². The van der Waals surface area contributed by atoms with Crippen LogP contribution in [0.25, 0.3) is 5.69 Å². The maximum Gasteiger partial charge on any atom is 0.233 e. The summed E-state index contributed by atoms with van der Waals surface area (Å²) in [7, 11) is 1.77. The molecule has 3 aromatic rings. The maximum atomic E-state index is 12.3. The summed E-state index contributed by atoms with van der Waals surface area (Å²) in [5.74, 6) is -0.200. The molecule has 94 valence electrons. The second-order valence-corrected chi connectivity index (χ2v) is 4.07. The van der Waals surface area contributed by atoms with E-state index in [1.54, 1.807) is 24.0 Å². The van der Waals surface area contributed by atoms with Crippen molar-refractivity contribution in [1.82, 2.24) is 24.8 Å². The number of hydrogen-bond acceptors (Lipinski definition) is 4. The molecule has 2 heterocycles. The standard InChI is InChI=1S/C13H11N5O/c1-17-8-7-11(15-17)13(19)12-9-14-16-18(12)10-5-3-2-4-6-10/h2-9H,1H3. The second kappa shape index (κ2) is 4.49. The molecular weight excluding hydrogens is 242 g/mol. The largest absolute Gasteiger partial charge is 0.285 e. The first-order valence-corrected chi connectivity index (χ1v) is 5.76. The van der Waals surface area contributed by atoms with E-state index in [4.69, 9.17) is 0 Å². The van der Waals surface area contributed by atoms with Gasteiger partial charge in [-0.3, -0.25) is 9.48 Å². The molecule has 0 aliphatic carbocycles. The third-order valence-electron chi connectivity index (χ3n) is 2.73. The fraction of sp³-hybridized carbons (Fsp3) is 0.0769. The van der Waals surface area contributed by atoms with Crippen molar-refractivity contribution in [1.29, 1.82) is 0 Å². The first kappa shape index (κ1) is 11.3. The Balaban J connectivity index is 2.03. The Hall–Kier alpha value is -2.76. The lowest BCUT2D eigenvalue weighted by molar-refractivity contribution is 0.102. The molecule has 0 N–H and O–H groups in total. The fourth-order valence-electron chi connectivity index (χ4n) is 1.82. The monoisotopic (exact) mass is 253 g/mol. The smallest absolute Gasteiger partial charge is 0.233 e. The lowest BCUT2D eigenvalue weighted by Crippen LogP contribution is -2.11. The summed E-state index contributed by atoms with van der Waals surface area (Å²) >= 11 is 0. The highest BCUT2D eigenvalue weighted by Crippen LogP contribution is 2.12. The Labute approximate surface area is 109 Å². The van der Waals surface area contributed by atoms with E-state index in [9.17, 15) is 4.79 Å². The van der Waals surface area contributed by atoms with Gasteiger partial charge in [-0.25, -0.2) is 4.68 Å². The lowest BCUT2D eigenvalue weighted by Gasteiger charge is -2.03. The van der Waals surface area contributed by atoms with E-state index in [0.717, 1.165) is 5.69 Å². The summed E-state index contributed by atoms with van der Waals surface area (Å²) in [5, 5.41) is 11.9. The highest BCUT2D eigenvalue weighted by Gasteiger charge is 2.18. The number of benzene rings is 1. The lowest BCUT2D eigenvalue weighted by atomic mass is 10.2. The summed E-state index contributed by atoms with van der Waals surface area (Å²) in [6.07, 6.45) is 3.17. The molecule has 0 spiro atoms. The number of para-hydroxylation sites is 1. The van der Waals surface area contributed by atoms with Crippen LogP contribution < -0.4 is 0 Å². The van der Waals surface area contributed by atoms with Crippen molar-refractivity contribution in [2.75, 3.05) is 0 Å². The van der Waals surface area contributed by atoms with Gasteiger partial charge < -0.3 is 0 Å². The summed E-state index contributed by atoms with van der Waals surface area (Å²) in [4.78, 5) is 12.3. The number of nitrogens with zero attached hydrogens (tertiary/aromatic N) is 5. The topological polar surface area (TPSA) is 65.6 Å². The normalized spacial score (nSPS) is 10.6. The quantitative estimate of drug-likeness (QED) is 0.658. The zero-order valence-corrected chi connectivity index (χ0v) is 10.3. The third-order valence-corrected chi connectivity index (χ3v) is 2.73. The Morgan fingerprint density at radius 3 is 2.63 bits per heavy atom. The molecule has 0 aliphatic heterocycles. The molecule has 6 heteroatoms. The van der Waals surface area contributed by atoms with Gasteiger partial charge in [-0.15, -0.1) is 5.10 Å². The van der Waals surface area contributed by atoms with E-state index in [1.807, 2.05) is 30.3 Å². The first-order valence-electron chi connectivity index (χ1n) is 5.76. The van der Waals surface area contributed by atoms with Crippen molar-refractivity contribution in [2.45, 2.75) is 0 Å². The molecule has 3 rings (SSSR count). The number of hydrogen-bond donors (Lipinski definition) is 0. The van der Waals surface area contributed by atoms with Crippen LogP contribution in [-0.2, 0) is 7.05 Å². The molecule has 0 bridgehead atoms. The zero-order chi connectivity index (χ0) is 13.2. The van der Waals surface area contributed by atoms with Crippen molar-refractivity contribution >= 4 is 5.78 Å². The average molecular weight is 253 g/mol. The second-order valence-electron chi connectivity index (χ2n) is 4.07. The van der Waals surface area contributed by atoms with Crippen LogP contribution in [0.2, 0.25) is 0 Å². The zero-order valence-electron chi connectivity index (χ0n) is 10.3. The summed E-state index contributed by atoms with van der Waals surface area (Å²) < 4.78 is 3.10. The van der Waals surface area contributed by atoms with Crippen molar-refractivity contribution in [3.63, 3.8) is 0 Å². The number of carbonyl (C=O) groups is 1. The molecular formula is C13H11N5O. The van der Waals surface area contributed by atoms with E-state index in [-0.39, 0.29) is 5.78 Å². The van der Waals surface area contributed by atoms with Gasteiger partial charge in [-0.1, -0.05) is 23.4 Å². The van der Waals surface area contributed by atoms with Crippen LogP contribution in [0.5, 0.6) is 0 Å². The Kier molecular flexibility index (Phi) is 2.68. The molecule has 0 atom stereocenters. The summed E-state index contributed by atoms with van der Waals surface area (Å²) in [6.45, 7) is 0. The number of ketones is 1. The van der Waals surface area contributed by atoms with E-state index in [2.05, 4.69) is 15.4 Å². The van der Waals surface area contributed by atoms with Crippen LogP contribution in [0, 0.1) is 0 Å². The van der Waals surface area contributed by atoms with Crippen LogP contribution in [0.1, 0.15) is 16.2 Å². The predicted molar refractivity (Wildman–Crippen MR) is 68.0 cm³/mol. The number of aryl methyl sites for hydroxylation is 1. The van der Waals surface area contributed by atoms with Gasteiger partial charge in [-0.05, 0) is 18.2 Å². The van der Waals surface area contributed by atoms with E-state index in [0.29, 0.717) is 11.4 Å². The Bertz CT molecular complexity index is 713. The summed E-state index contributed by atoms with van der Waals surface area (Å²) in [6, 6.07) is 11.1. The highest BCUT2D eigenvalue weighted by atomic mass is 16.1. The Morgan fingerprint density at radius 2 is 1.95 bits per heavy atom. The van der Waals surface area contributed by atoms with Crippen molar-refractivity contribution in [3.05, 3.63) is 60.2 Å². The average Bonchev–Trinajstić information content (AvgIpc) is 3.07. The van der Waals surface area contributed by atoms with Gasteiger partial charge in [0.15, 0.2) is 0 Å². The van der Waals surface area contributed by atoms with Crippen LogP contribution in [0.15, 0.2) is 48.8 Å².